The molecule has 0 unspecified atom stereocenters. The number of nitrogens with zero attached hydrogens (tertiary/aromatic N) is 2. The molecule has 0 bridgehead atoms. The summed E-state index contributed by atoms with van der Waals surface area (Å²) in [4.78, 5) is 0. The third-order valence-corrected chi connectivity index (χ3v) is 1.77. The van der Waals surface area contributed by atoms with E-state index in [0.29, 0.717) is 19.8 Å². The molecular weight excluding hydrogens is 178 g/mol. The van der Waals surface area contributed by atoms with Gasteiger partial charge >= 0.3 is 0 Å². The second kappa shape index (κ2) is 5.87. The minimum Gasteiger partial charge on any atom is -0.394 e. The average Bonchev–Trinajstić information content (AvgIpc) is 2.57. The number of rotatable bonds is 6. The number of hydrogen-bond donors (Lipinski definition) is 2. The van der Waals surface area contributed by atoms with Crippen LogP contribution in [0.3, 0.4) is 0 Å². The minimum absolute atomic E-state index is 0.0683. The summed E-state index contributed by atoms with van der Waals surface area (Å²) in [6, 6.07) is 0. The summed E-state index contributed by atoms with van der Waals surface area (Å²) in [6.45, 7) is 1.71. The van der Waals surface area contributed by atoms with Crippen LogP contribution in [0.5, 0.6) is 0 Å². The Morgan fingerprint density at radius 3 is 3.17 bits per heavy atom. The van der Waals surface area contributed by atoms with E-state index in [1.165, 1.54) is 11.3 Å². The molecule has 12 heavy (non-hydrogen) atoms. The van der Waals surface area contributed by atoms with Gasteiger partial charge < -0.3 is 15.2 Å². The molecule has 0 saturated carbocycles. The molecule has 1 aromatic rings. The third kappa shape index (κ3) is 3.61. The zero-order valence-corrected chi connectivity index (χ0v) is 7.38. The van der Waals surface area contributed by atoms with Crippen LogP contribution in [0.2, 0.25) is 0 Å². The van der Waals surface area contributed by atoms with Gasteiger partial charge in [-0.1, -0.05) is 11.3 Å². The first-order chi connectivity index (χ1) is 5.93. The number of hydrogen-bond acceptors (Lipinski definition) is 6. The lowest BCUT2D eigenvalue weighted by atomic mass is 10.7. The molecule has 0 aliphatic heterocycles. The Balaban J connectivity index is 1.96. The van der Waals surface area contributed by atoms with Gasteiger partial charge in [-0.25, -0.2) is 0 Å². The molecule has 6 heteroatoms. The smallest absolute Gasteiger partial charge is 0.205 e. The Morgan fingerprint density at radius 2 is 2.50 bits per heavy atom. The summed E-state index contributed by atoms with van der Waals surface area (Å²) in [6.07, 6.45) is 0. The van der Waals surface area contributed by atoms with Crippen LogP contribution < -0.4 is 5.32 Å². The van der Waals surface area contributed by atoms with Gasteiger partial charge in [0.15, 0.2) is 0 Å². The lowest BCUT2D eigenvalue weighted by molar-refractivity contribution is 0.0992. The van der Waals surface area contributed by atoms with Gasteiger partial charge in [0.05, 0.1) is 19.8 Å². The third-order valence-electron chi connectivity index (χ3n) is 1.12. The summed E-state index contributed by atoms with van der Waals surface area (Å²) in [5.41, 5.74) is 1.66. The first-order valence-electron chi connectivity index (χ1n) is 3.62. The summed E-state index contributed by atoms with van der Waals surface area (Å²) in [5.74, 6) is 0. The van der Waals surface area contributed by atoms with Crippen LogP contribution in [0, 0.1) is 0 Å². The Kier molecular flexibility index (Phi) is 4.58. The Hall–Kier alpha value is -0.720. The molecule has 1 aromatic heterocycles. The second-order valence-electron chi connectivity index (χ2n) is 2.01. The van der Waals surface area contributed by atoms with Crippen LogP contribution in [0.15, 0.2) is 5.51 Å². The second-order valence-corrected chi connectivity index (χ2v) is 2.84. The minimum atomic E-state index is 0.0683. The lowest BCUT2D eigenvalue weighted by Gasteiger charge is -2.01. The number of ether oxygens (including phenoxy) is 1. The molecule has 68 valence electrons. The van der Waals surface area contributed by atoms with E-state index in [1.54, 1.807) is 5.51 Å². The van der Waals surface area contributed by atoms with E-state index >= 15 is 0 Å². The number of anilines is 1. The molecular formula is C6H11N3O2S. The highest BCUT2D eigenvalue weighted by molar-refractivity contribution is 7.13. The molecule has 0 radical (unpaired) electrons. The standard InChI is InChI=1S/C6H11N3O2S/c10-2-4-11-3-1-7-6-9-8-5-12-6/h5,10H,1-4H2,(H,7,9). The summed E-state index contributed by atoms with van der Waals surface area (Å²) >= 11 is 1.45. The summed E-state index contributed by atoms with van der Waals surface area (Å²) < 4.78 is 5.03. The van der Waals surface area contributed by atoms with Crippen LogP contribution in [-0.2, 0) is 4.74 Å². The molecule has 5 nitrogen and oxygen atoms in total. The molecule has 0 fully saturated rings. The number of aliphatic hydroxyl groups is 1. The van der Waals surface area contributed by atoms with Crippen molar-refractivity contribution in [3.05, 3.63) is 5.51 Å². The molecule has 2 N–H and O–H groups in total. The zero-order valence-electron chi connectivity index (χ0n) is 6.56. The first kappa shape index (κ1) is 9.37. The molecule has 0 aliphatic rings. The van der Waals surface area contributed by atoms with Crippen LogP contribution in [0.25, 0.3) is 0 Å². The van der Waals surface area contributed by atoms with E-state index in [-0.39, 0.29) is 6.61 Å². The van der Waals surface area contributed by atoms with Crippen LogP contribution in [-0.4, -0.2) is 41.7 Å². The lowest BCUT2D eigenvalue weighted by Crippen LogP contribution is -2.11. The maximum atomic E-state index is 8.38. The number of nitrogens with one attached hydrogen (secondary N) is 1. The molecule has 0 atom stereocenters. The van der Waals surface area contributed by atoms with Crippen LogP contribution in [0.4, 0.5) is 5.13 Å². The highest BCUT2D eigenvalue weighted by Gasteiger charge is 1.93. The van der Waals surface area contributed by atoms with Crippen LogP contribution >= 0.6 is 11.3 Å². The van der Waals surface area contributed by atoms with Crippen molar-refractivity contribution >= 4 is 16.5 Å². The fraction of sp³-hybridized carbons (Fsp3) is 0.667. The first-order valence-corrected chi connectivity index (χ1v) is 4.50. The predicted molar refractivity (Wildman–Crippen MR) is 46.3 cm³/mol. The number of aliphatic hydroxyl groups excluding tert-OH is 1. The highest BCUT2D eigenvalue weighted by Crippen LogP contribution is 2.06. The van der Waals surface area contributed by atoms with Gasteiger partial charge in [0.1, 0.15) is 5.51 Å². The summed E-state index contributed by atoms with van der Waals surface area (Å²) in [5, 5.41) is 19.6. The van der Waals surface area contributed by atoms with Crippen molar-refractivity contribution in [1.29, 1.82) is 0 Å². The van der Waals surface area contributed by atoms with Gasteiger partial charge in [-0.2, -0.15) is 0 Å². The van der Waals surface area contributed by atoms with E-state index in [1.807, 2.05) is 0 Å². The van der Waals surface area contributed by atoms with Gasteiger partial charge in [-0.05, 0) is 0 Å². The highest BCUT2D eigenvalue weighted by atomic mass is 32.1. The van der Waals surface area contributed by atoms with Crippen molar-refractivity contribution < 1.29 is 9.84 Å². The molecule has 0 saturated heterocycles. The topological polar surface area (TPSA) is 67.3 Å². The van der Waals surface area contributed by atoms with Crippen molar-refractivity contribution in [3.8, 4) is 0 Å². The Bertz CT molecular complexity index is 193. The van der Waals surface area contributed by atoms with Gasteiger partial charge in [0.25, 0.3) is 0 Å². The molecule has 0 aromatic carbocycles. The van der Waals surface area contributed by atoms with E-state index in [9.17, 15) is 0 Å². The van der Waals surface area contributed by atoms with Crippen molar-refractivity contribution in [3.63, 3.8) is 0 Å². The van der Waals surface area contributed by atoms with Gasteiger partial charge in [0.2, 0.25) is 5.13 Å². The Morgan fingerprint density at radius 1 is 1.58 bits per heavy atom. The van der Waals surface area contributed by atoms with E-state index < -0.39 is 0 Å². The molecule has 1 heterocycles. The van der Waals surface area contributed by atoms with Crippen LogP contribution in [0.1, 0.15) is 0 Å². The van der Waals surface area contributed by atoms with Crippen molar-refractivity contribution in [2.24, 2.45) is 0 Å². The normalized spacial score (nSPS) is 10.1. The predicted octanol–water partition coefficient (Wildman–Crippen LogP) is -0.0411. The van der Waals surface area contributed by atoms with E-state index in [0.717, 1.165) is 5.13 Å². The molecule has 0 amide bonds. The fourth-order valence-electron chi connectivity index (χ4n) is 0.647. The fourth-order valence-corrected chi connectivity index (χ4v) is 1.12. The van der Waals surface area contributed by atoms with Crippen molar-refractivity contribution in [1.82, 2.24) is 10.2 Å². The van der Waals surface area contributed by atoms with Gasteiger partial charge in [-0.15, -0.1) is 10.2 Å². The average molecular weight is 189 g/mol. The van der Waals surface area contributed by atoms with E-state index in [2.05, 4.69) is 15.5 Å². The van der Waals surface area contributed by atoms with Gasteiger partial charge in [0, 0.05) is 6.54 Å². The van der Waals surface area contributed by atoms with Crippen molar-refractivity contribution in [2.75, 3.05) is 31.7 Å². The SMILES string of the molecule is OCCOCCNc1nncs1. The van der Waals surface area contributed by atoms with E-state index in [4.69, 9.17) is 9.84 Å². The van der Waals surface area contributed by atoms with Crippen molar-refractivity contribution in [2.45, 2.75) is 0 Å². The molecule has 1 rings (SSSR count). The number of aromatic nitrogens is 2. The van der Waals surface area contributed by atoms with Gasteiger partial charge in [-0.3, -0.25) is 0 Å². The maximum absolute atomic E-state index is 8.38. The summed E-state index contributed by atoms with van der Waals surface area (Å²) in [7, 11) is 0. The zero-order chi connectivity index (χ0) is 8.65. The monoisotopic (exact) mass is 189 g/mol. The largest absolute Gasteiger partial charge is 0.394 e. The quantitative estimate of drug-likeness (QED) is 0.615. The molecule has 0 spiro atoms. The maximum Gasteiger partial charge on any atom is 0.205 e. The Labute approximate surface area is 74.4 Å². The molecule has 0 aliphatic carbocycles.